The quantitative estimate of drug-likeness (QED) is 0.753. The Morgan fingerprint density at radius 3 is 2.62 bits per heavy atom. The van der Waals surface area contributed by atoms with Crippen LogP contribution in [0.15, 0.2) is 54.6 Å². The van der Waals surface area contributed by atoms with Gasteiger partial charge in [0.25, 0.3) is 5.91 Å². The number of fused-ring (bicyclic) bond motifs is 1. The number of ether oxygens (including phenoxy) is 1. The maximum absolute atomic E-state index is 13.7. The van der Waals surface area contributed by atoms with E-state index in [1.807, 2.05) is 36.4 Å². The van der Waals surface area contributed by atoms with E-state index in [0.717, 1.165) is 22.1 Å². The van der Waals surface area contributed by atoms with Gasteiger partial charge in [0.1, 0.15) is 11.6 Å². The molecule has 3 nitrogen and oxygen atoms in total. The number of benzene rings is 3. The lowest BCUT2D eigenvalue weighted by Gasteiger charge is -2.08. The van der Waals surface area contributed by atoms with Gasteiger partial charge in [0.05, 0.1) is 12.7 Å². The van der Waals surface area contributed by atoms with Gasteiger partial charge in [-0.15, -0.1) is 0 Å². The number of hydrogen-bond acceptors (Lipinski definition) is 2. The van der Waals surface area contributed by atoms with Gasteiger partial charge < -0.3 is 10.1 Å². The van der Waals surface area contributed by atoms with Gasteiger partial charge in [-0.25, -0.2) is 4.39 Å². The first-order valence-corrected chi connectivity index (χ1v) is 7.74. The van der Waals surface area contributed by atoms with Crippen molar-refractivity contribution in [3.8, 4) is 5.75 Å². The number of nitrogens with one attached hydrogen (secondary N) is 1. The van der Waals surface area contributed by atoms with E-state index in [9.17, 15) is 9.18 Å². The fourth-order valence-electron chi connectivity index (χ4n) is 2.46. The molecule has 0 aliphatic heterocycles. The van der Waals surface area contributed by atoms with E-state index in [1.165, 1.54) is 18.2 Å². The largest absolute Gasteiger partial charge is 0.497 e. The fourth-order valence-corrected chi connectivity index (χ4v) is 2.63. The van der Waals surface area contributed by atoms with E-state index < -0.39 is 11.7 Å². The highest BCUT2D eigenvalue weighted by molar-refractivity contribution is 6.31. The molecule has 0 bridgehead atoms. The lowest BCUT2D eigenvalue weighted by molar-refractivity contribution is 0.0947. The number of carbonyl (C=O) groups excluding carboxylic acids is 1. The molecule has 5 heteroatoms. The van der Waals surface area contributed by atoms with Crippen LogP contribution in [0.25, 0.3) is 10.8 Å². The monoisotopic (exact) mass is 343 g/mol. The SMILES string of the molecule is COc1ccc2cc(CNC(=O)c3cc(Cl)ccc3F)ccc2c1. The maximum Gasteiger partial charge on any atom is 0.254 e. The molecule has 0 unspecified atom stereocenters. The molecule has 0 fully saturated rings. The summed E-state index contributed by atoms with van der Waals surface area (Å²) >= 11 is 5.81. The summed E-state index contributed by atoms with van der Waals surface area (Å²) in [5.41, 5.74) is 0.858. The van der Waals surface area contributed by atoms with Crippen molar-refractivity contribution < 1.29 is 13.9 Å². The summed E-state index contributed by atoms with van der Waals surface area (Å²) in [7, 11) is 1.63. The Labute approximate surface area is 144 Å². The summed E-state index contributed by atoms with van der Waals surface area (Å²) in [4.78, 5) is 12.1. The molecule has 3 rings (SSSR count). The molecule has 0 radical (unpaired) electrons. The topological polar surface area (TPSA) is 38.3 Å². The summed E-state index contributed by atoms with van der Waals surface area (Å²) in [6.07, 6.45) is 0. The van der Waals surface area contributed by atoms with E-state index >= 15 is 0 Å². The zero-order valence-corrected chi connectivity index (χ0v) is 13.7. The fraction of sp³-hybridized carbons (Fsp3) is 0.105. The second-order valence-electron chi connectivity index (χ2n) is 5.35. The third-order valence-electron chi connectivity index (χ3n) is 3.74. The van der Waals surface area contributed by atoms with Crippen LogP contribution in [0.5, 0.6) is 5.75 Å². The Balaban J connectivity index is 1.75. The predicted molar refractivity (Wildman–Crippen MR) is 93.1 cm³/mol. The van der Waals surface area contributed by atoms with E-state index in [1.54, 1.807) is 7.11 Å². The Morgan fingerprint density at radius 2 is 1.83 bits per heavy atom. The van der Waals surface area contributed by atoms with Crippen molar-refractivity contribution in [1.82, 2.24) is 5.32 Å². The zero-order chi connectivity index (χ0) is 17.1. The standard InChI is InChI=1S/C19H15ClFNO2/c1-24-16-6-4-13-8-12(2-3-14(13)9-16)11-22-19(23)17-10-15(20)5-7-18(17)21/h2-10H,11H2,1H3,(H,22,23). The molecule has 0 heterocycles. The molecule has 3 aromatic carbocycles. The average molecular weight is 344 g/mol. The maximum atomic E-state index is 13.7. The minimum atomic E-state index is -0.595. The number of carbonyl (C=O) groups is 1. The van der Waals surface area contributed by atoms with Crippen LogP contribution in [0, 0.1) is 5.82 Å². The molecule has 0 atom stereocenters. The molecule has 0 saturated heterocycles. The van der Waals surface area contributed by atoms with Gasteiger partial charge in [0.15, 0.2) is 0 Å². The minimum absolute atomic E-state index is 0.0620. The molecule has 0 saturated carbocycles. The van der Waals surface area contributed by atoms with Gasteiger partial charge in [-0.1, -0.05) is 29.8 Å². The van der Waals surface area contributed by atoms with Crippen molar-refractivity contribution in [1.29, 1.82) is 0 Å². The first-order chi connectivity index (χ1) is 11.6. The van der Waals surface area contributed by atoms with Crippen molar-refractivity contribution in [3.05, 3.63) is 76.6 Å². The van der Waals surface area contributed by atoms with Gasteiger partial charge in [0, 0.05) is 11.6 Å². The third kappa shape index (κ3) is 3.49. The highest BCUT2D eigenvalue weighted by Gasteiger charge is 2.12. The smallest absolute Gasteiger partial charge is 0.254 e. The molecule has 1 N–H and O–H groups in total. The molecular formula is C19H15ClFNO2. The van der Waals surface area contributed by atoms with Gasteiger partial charge in [-0.3, -0.25) is 4.79 Å². The zero-order valence-electron chi connectivity index (χ0n) is 13.0. The number of methoxy groups -OCH3 is 1. The number of amides is 1. The summed E-state index contributed by atoms with van der Waals surface area (Å²) in [6, 6.07) is 15.5. The molecule has 0 aromatic heterocycles. The second kappa shape index (κ2) is 6.89. The van der Waals surface area contributed by atoms with Crippen LogP contribution in [-0.4, -0.2) is 13.0 Å². The molecule has 0 aliphatic rings. The van der Waals surface area contributed by atoms with Gasteiger partial charge >= 0.3 is 0 Å². The number of halogens is 2. The summed E-state index contributed by atoms with van der Waals surface area (Å²) in [5.74, 6) is -0.299. The third-order valence-corrected chi connectivity index (χ3v) is 3.97. The second-order valence-corrected chi connectivity index (χ2v) is 5.79. The number of rotatable bonds is 4. The van der Waals surface area contributed by atoms with Crippen molar-refractivity contribution in [3.63, 3.8) is 0 Å². The van der Waals surface area contributed by atoms with Crippen molar-refractivity contribution in [2.24, 2.45) is 0 Å². The van der Waals surface area contributed by atoms with E-state index in [4.69, 9.17) is 16.3 Å². The van der Waals surface area contributed by atoms with Crippen LogP contribution in [0.4, 0.5) is 4.39 Å². The van der Waals surface area contributed by atoms with Crippen molar-refractivity contribution in [2.45, 2.75) is 6.54 Å². The first-order valence-electron chi connectivity index (χ1n) is 7.37. The van der Waals surface area contributed by atoms with Crippen molar-refractivity contribution in [2.75, 3.05) is 7.11 Å². The van der Waals surface area contributed by atoms with Crippen molar-refractivity contribution >= 4 is 28.3 Å². The molecule has 3 aromatic rings. The highest BCUT2D eigenvalue weighted by Crippen LogP contribution is 2.22. The lowest BCUT2D eigenvalue weighted by Crippen LogP contribution is -2.23. The molecule has 0 aliphatic carbocycles. The van der Waals surface area contributed by atoms with Crippen LogP contribution < -0.4 is 10.1 Å². The average Bonchev–Trinajstić information content (AvgIpc) is 2.61. The van der Waals surface area contributed by atoms with E-state index in [2.05, 4.69) is 5.32 Å². The van der Waals surface area contributed by atoms with E-state index in [0.29, 0.717) is 11.6 Å². The number of hydrogen-bond donors (Lipinski definition) is 1. The summed E-state index contributed by atoms with van der Waals surface area (Å²) in [5, 5.41) is 5.11. The molecule has 122 valence electrons. The first kappa shape index (κ1) is 16.3. The Hall–Kier alpha value is -2.59. The van der Waals surface area contributed by atoms with Gasteiger partial charge in [-0.05, 0) is 52.7 Å². The molecule has 24 heavy (non-hydrogen) atoms. The Kier molecular flexibility index (Phi) is 4.67. The molecule has 0 spiro atoms. The Morgan fingerprint density at radius 1 is 1.08 bits per heavy atom. The van der Waals surface area contributed by atoms with Gasteiger partial charge in [-0.2, -0.15) is 0 Å². The van der Waals surface area contributed by atoms with Crippen LogP contribution in [0.3, 0.4) is 0 Å². The summed E-state index contributed by atoms with van der Waals surface area (Å²) in [6.45, 7) is 0.298. The highest BCUT2D eigenvalue weighted by atomic mass is 35.5. The van der Waals surface area contributed by atoms with Crippen LogP contribution in [0.2, 0.25) is 5.02 Å². The summed E-state index contributed by atoms with van der Waals surface area (Å²) < 4.78 is 18.9. The normalized spacial score (nSPS) is 10.6. The minimum Gasteiger partial charge on any atom is -0.497 e. The Bertz CT molecular complexity index is 911. The van der Waals surface area contributed by atoms with E-state index in [-0.39, 0.29) is 5.56 Å². The lowest BCUT2D eigenvalue weighted by atomic mass is 10.1. The molecular weight excluding hydrogens is 329 g/mol. The van der Waals surface area contributed by atoms with Crippen LogP contribution in [0.1, 0.15) is 15.9 Å². The van der Waals surface area contributed by atoms with Crippen LogP contribution >= 0.6 is 11.6 Å². The molecule has 1 amide bonds. The predicted octanol–water partition coefficient (Wildman–Crippen LogP) is 4.57. The van der Waals surface area contributed by atoms with Crippen LogP contribution in [-0.2, 0) is 6.54 Å². The van der Waals surface area contributed by atoms with Gasteiger partial charge in [0.2, 0.25) is 0 Å².